The van der Waals surface area contributed by atoms with Crippen LogP contribution in [0, 0.1) is 0 Å². The second kappa shape index (κ2) is 8.85. The van der Waals surface area contributed by atoms with Crippen molar-refractivity contribution in [3.63, 3.8) is 0 Å². The fourth-order valence-electron chi connectivity index (χ4n) is 3.27. The molecule has 0 radical (unpaired) electrons. The predicted octanol–water partition coefficient (Wildman–Crippen LogP) is 4.58. The minimum Gasteiger partial charge on any atom is -0.493 e. The summed E-state index contributed by atoms with van der Waals surface area (Å²) in [5.41, 5.74) is 1.78. The number of nitrogens with one attached hydrogen (secondary N) is 1. The third kappa shape index (κ3) is 4.32. The molecule has 7 nitrogen and oxygen atoms in total. The van der Waals surface area contributed by atoms with Crippen molar-refractivity contribution >= 4 is 48.9 Å². The van der Waals surface area contributed by atoms with Gasteiger partial charge in [-0.3, -0.25) is 14.1 Å². The van der Waals surface area contributed by atoms with Crippen LogP contribution in [-0.2, 0) is 16.6 Å². The number of anilines is 1. The number of ether oxygens (including phenoxy) is 2. The number of fused-ring (bicyclic) bond motifs is 1. The summed E-state index contributed by atoms with van der Waals surface area (Å²) in [6.07, 6.45) is 0. The summed E-state index contributed by atoms with van der Waals surface area (Å²) in [5.74, 6) is 0.888. The summed E-state index contributed by atoms with van der Waals surface area (Å²) in [5, 5.41) is 0.567. The van der Waals surface area contributed by atoms with E-state index in [-0.39, 0.29) is 9.77 Å². The highest BCUT2D eigenvalue weighted by Crippen LogP contribution is 2.31. The first-order valence-electron chi connectivity index (χ1n) is 9.44. The molecule has 10 heteroatoms. The van der Waals surface area contributed by atoms with Gasteiger partial charge in [0.1, 0.15) is 0 Å². The van der Waals surface area contributed by atoms with Crippen LogP contribution in [0.3, 0.4) is 0 Å². The Bertz CT molecular complexity index is 1460. The van der Waals surface area contributed by atoms with Crippen LogP contribution < -0.4 is 19.1 Å². The van der Waals surface area contributed by atoms with Crippen molar-refractivity contribution in [1.29, 1.82) is 0 Å². The zero-order valence-electron chi connectivity index (χ0n) is 17.2. The van der Waals surface area contributed by atoms with Crippen LogP contribution in [0.4, 0.5) is 5.69 Å². The van der Waals surface area contributed by atoms with Gasteiger partial charge in [0.05, 0.1) is 41.6 Å². The predicted molar refractivity (Wildman–Crippen MR) is 127 cm³/mol. The van der Waals surface area contributed by atoms with E-state index in [9.17, 15) is 13.2 Å². The van der Waals surface area contributed by atoms with E-state index < -0.39 is 10.0 Å². The molecule has 1 N–H and O–H groups in total. The van der Waals surface area contributed by atoms with Gasteiger partial charge in [-0.25, -0.2) is 8.42 Å². The lowest BCUT2D eigenvalue weighted by Crippen LogP contribution is -2.14. The van der Waals surface area contributed by atoms with Crippen LogP contribution in [0.2, 0.25) is 5.02 Å². The number of hydrogen-bond acceptors (Lipinski definition) is 6. The Morgan fingerprint density at radius 3 is 2.47 bits per heavy atom. The molecule has 0 spiro atoms. The van der Waals surface area contributed by atoms with Gasteiger partial charge in [-0.2, -0.15) is 0 Å². The maximum Gasteiger partial charge on any atom is 0.308 e. The quantitative estimate of drug-likeness (QED) is 0.409. The van der Waals surface area contributed by atoms with Gasteiger partial charge < -0.3 is 9.47 Å². The molecule has 32 heavy (non-hydrogen) atoms. The summed E-state index contributed by atoms with van der Waals surface area (Å²) in [6, 6.07) is 16.6. The minimum atomic E-state index is -3.89. The van der Waals surface area contributed by atoms with Crippen LogP contribution in [0.5, 0.6) is 11.5 Å². The minimum absolute atomic E-state index is 0.0472. The standard InChI is InChI=1S/C22H19ClN2O5S2/c1-29-19-10-7-15(11-20(19)30-2)24-32(27,28)16-8-9-18-21(12-16)31-22(26)25(18)13-14-5-3-4-6-17(14)23/h3-12,24H,13H2,1-2H3. The molecule has 0 aliphatic heterocycles. The summed E-state index contributed by atoms with van der Waals surface area (Å²) in [7, 11) is -0.919. The van der Waals surface area contributed by atoms with Gasteiger partial charge in [-0.05, 0) is 42.0 Å². The van der Waals surface area contributed by atoms with E-state index in [1.165, 1.54) is 32.4 Å². The maximum absolute atomic E-state index is 12.9. The summed E-state index contributed by atoms with van der Waals surface area (Å²) in [4.78, 5) is 12.4. The van der Waals surface area contributed by atoms with E-state index in [4.69, 9.17) is 21.1 Å². The smallest absolute Gasteiger partial charge is 0.308 e. The van der Waals surface area contributed by atoms with Crippen molar-refractivity contribution in [1.82, 2.24) is 4.57 Å². The van der Waals surface area contributed by atoms with Crippen LogP contribution >= 0.6 is 22.9 Å². The average molecular weight is 491 g/mol. The number of nitrogens with zero attached hydrogens (tertiary/aromatic N) is 1. The van der Waals surface area contributed by atoms with E-state index in [1.807, 2.05) is 18.2 Å². The van der Waals surface area contributed by atoms with Gasteiger partial charge in [-0.1, -0.05) is 41.1 Å². The highest BCUT2D eigenvalue weighted by molar-refractivity contribution is 7.92. The van der Waals surface area contributed by atoms with Crippen molar-refractivity contribution in [3.05, 3.63) is 80.9 Å². The summed E-state index contributed by atoms with van der Waals surface area (Å²) >= 11 is 7.22. The highest BCUT2D eigenvalue weighted by Gasteiger charge is 2.18. The molecular formula is C22H19ClN2O5S2. The second-order valence-corrected chi connectivity index (χ2v) is 9.93. The lowest BCUT2D eigenvalue weighted by Gasteiger charge is -2.12. The number of hydrogen-bond donors (Lipinski definition) is 1. The molecule has 0 aliphatic rings. The Balaban J connectivity index is 1.67. The molecule has 1 aromatic heterocycles. The molecule has 0 bridgehead atoms. The Morgan fingerprint density at radius 2 is 1.75 bits per heavy atom. The average Bonchev–Trinajstić information content (AvgIpc) is 3.09. The fraction of sp³-hybridized carbons (Fsp3) is 0.136. The second-order valence-electron chi connectivity index (χ2n) is 6.85. The van der Waals surface area contributed by atoms with E-state index in [1.54, 1.807) is 28.8 Å². The molecule has 0 saturated carbocycles. The number of thiazole rings is 1. The van der Waals surface area contributed by atoms with E-state index >= 15 is 0 Å². The van der Waals surface area contributed by atoms with Crippen molar-refractivity contribution < 1.29 is 17.9 Å². The highest BCUT2D eigenvalue weighted by atomic mass is 35.5. The summed E-state index contributed by atoms with van der Waals surface area (Å²) in [6.45, 7) is 0.300. The first-order chi connectivity index (χ1) is 15.3. The maximum atomic E-state index is 12.9. The van der Waals surface area contributed by atoms with Crippen molar-refractivity contribution in [2.24, 2.45) is 0 Å². The SMILES string of the molecule is COc1ccc(NS(=O)(=O)c2ccc3c(c2)sc(=O)n3Cc2ccccc2Cl)cc1OC. The number of aromatic nitrogens is 1. The molecule has 4 rings (SSSR count). The lowest BCUT2D eigenvalue weighted by atomic mass is 10.2. The zero-order chi connectivity index (χ0) is 22.9. The molecule has 0 fully saturated rings. The zero-order valence-corrected chi connectivity index (χ0v) is 19.6. The van der Waals surface area contributed by atoms with Gasteiger partial charge in [0, 0.05) is 11.1 Å². The van der Waals surface area contributed by atoms with E-state index in [2.05, 4.69) is 4.72 Å². The topological polar surface area (TPSA) is 86.6 Å². The molecule has 0 aliphatic carbocycles. The van der Waals surface area contributed by atoms with Gasteiger partial charge in [0.2, 0.25) is 0 Å². The summed E-state index contributed by atoms with van der Waals surface area (Å²) < 4.78 is 41.0. The molecule has 3 aromatic carbocycles. The monoisotopic (exact) mass is 490 g/mol. The molecule has 0 saturated heterocycles. The molecule has 1 heterocycles. The fourth-order valence-corrected chi connectivity index (χ4v) is 5.55. The van der Waals surface area contributed by atoms with E-state index in [0.717, 1.165) is 16.9 Å². The van der Waals surface area contributed by atoms with Crippen molar-refractivity contribution in [2.45, 2.75) is 11.4 Å². The van der Waals surface area contributed by atoms with Gasteiger partial charge in [0.25, 0.3) is 10.0 Å². The lowest BCUT2D eigenvalue weighted by molar-refractivity contribution is 0.355. The molecule has 0 amide bonds. The number of halogens is 1. The third-order valence-electron chi connectivity index (χ3n) is 4.87. The third-order valence-corrected chi connectivity index (χ3v) is 7.56. The van der Waals surface area contributed by atoms with Crippen LogP contribution in [-0.4, -0.2) is 27.2 Å². The molecular weight excluding hydrogens is 472 g/mol. The Morgan fingerprint density at radius 1 is 1.00 bits per heavy atom. The molecule has 4 aromatic rings. The first-order valence-corrected chi connectivity index (χ1v) is 12.1. The van der Waals surface area contributed by atoms with Crippen LogP contribution in [0.15, 0.2) is 70.4 Å². The number of sulfonamides is 1. The van der Waals surface area contributed by atoms with Gasteiger partial charge in [-0.15, -0.1) is 0 Å². The van der Waals surface area contributed by atoms with E-state index in [0.29, 0.717) is 39.0 Å². The molecule has 0 unspecified atom stereocenters. The largest absolute Gasteiger partial charge is 0.493 e. The Labute approximate surface area is 193 Å². The van der Waals surface area contributed by atoms with Gasteiger partial charge in [0.15, 0.2) is 11.5 Å². The number of benzene rings is 3. The Kier molecular flexibility index (Phi) is 6.14. The Hall–Kier alpha value is -3.01. The first kappa shape index (κ1) is 22.2. The van der Waals surface area contributed by atoms with Crippen LogP contribution in [0.25, 0.3) is 10.2 Å². The van der Waals surface area contributed by atoms with Crippen molar-refractivity contribution in [2.75, 3.05) is 18.9 Å². The number of methoxy groups -OCH3 is 2. The molecule has 0 atom stereocenters. The number of rotatable bonds is 7. The molecule has 166 valence electrons. The van der Waals surface area contributed by atoms with Crippen LogP contribution in [0.1, 0.15) is 5.56 Å². The van der Waals surface area contributed by atoms with Crippen molar-refractivity contribution in [3.8, 4) is 11.5 Å². The van der Waals surface area contributed by atoms with Gasteiger partial charge >= 0.3 is 4.87 Å². The normalized spacial score (nSPS) is 11.5.